The normalized spacial score (nSPS) is 11.3. The molecule has 3 aromatic rings. The molecule has 0 aliphatic carbocycles. The number of hydrogen-bond acceptors (Lipinski definition) is 5. The number of nitrogens with zero attached hydrogens (tertiary/aromatic N) is 5. The predicted molar refractivity (Wildman–Crippen MR) is 108 cm³/mol. The molecule has 0 aliphatic rings. The van der Waals surface area contributed by atoms with E-state index in [-0.39, 0.29) is 57.9 Å². The molecule has 28 heavy (non-hydrogen) atoms. The number of aromatic hydroxyl groups is 1. The van der Waals surface area contributed by atoms with Gasteiger partial charge in [0.2, 0.25) is 11.7 Å². The van der Waals surface area contributed by atoms with Crippen molar-refractivity contribution in [1.82, 2.24) is 23.1 Å². The first kappa shape index (κ1) is 22.4. The van der Waals surface area contributed by atoms with Crippen molar-refractivity contribution >= 4 is 46.5 Å². The first-order valence-corrected chi connectivity index (χ1v) is 9.27. The smallest absolute Gasteiger partial charge is 0.332 e. The number of imidazole rings is 1. The van der Waals surface area contributed by atoms with Crippen LogP contribution in [0.3, 0.4) is 0 Å². The van der Waals surface area contributed by atoms with E-state index in [0.29, 0.717) is 19.4 Å². The summed E-state index contributed by atoms with van der Waals surface area (Å²) in [5.74, 6) is 0.0735. The second-order valence-corrected chi connectivity index (χ2v) is 6.84. The third-order valence-electron chi connectivity index (χ3n) is 4.95. The Kier molecular flexibility index (Phi) is 6.95. The maximum absolute atomic E-state index is 13.1. The Hall–Kier alpha value is -1.84. The van der Waals surface area contributed by atoms with Gasteiger partial charge in [-0.05, 0) is 12.8 Å². The van der Waals surface area contributed by atoms with Gasteiger partial charge in [-0.1, -0.05) is 33.1 Å². The third-order valence-corrected chi connectivity index (χ3v) is 4.95. The van der Waals surface area contributed by atoms with Crippen molar-refractivity contribution in [1.29, 1.82) is 0 Å². The van der Waals surface area contributed by atoms with Crippen molar-refractivity contribution in [3.8, 4) is 5.88 Å². The molecule has 1 N–H and O–H groups in total. The second-order valence-electron chi connectivity index (χ2n) is 6.84. The van der Waals surface area contributed by atoms with Crippen LogP contribution in [0.2, 0.25) is 0 Å². The molecule has 9 nitrogen and oxygen atoms in total. The van der Waals surface area contributed by atoms with Gasteiger partial charge in [0, 0.05) is 50.2 Å². The molecule has 0 spiro atoms. The van der Waals surface area contributed by atoms with Crippen LogP contribution in [-0.4, -0.2) is 57.7 Å². The Labute approximate surface area is 183 Å². The summed E-state index contributed by atoms with van der Waals surface area (Å²) in [4.78, 5) is 42.4. The Balaban J connectivity index is 0.00000280. The fraction of sp³-hybridized carbons (Fsp3) is 0.556. The van der Waals surface area contributed by atoms with E-state index in [1.54, 1.807) is 4.57 Å². The molecule has 10 heteroatoms. The van der Waals surface area contributed by atoms with Gasteiger partial charge in [-0.25, -0.2) is 9.20 Å². The second kappa shape index (κ2) is 8.67. The summed E-state index contributed by atoms with van der Waals surface area (Å²) in [6.07, 6.45) is 3.83. The van der Waals surface area contributed by atoms with Gasteiger partial charge in [0.1, 0.15) is 0 Å². The van der Waals surface area contributed by atoms with E-state index in [0.717, 1.165) is 23.8 Å². The summed E-state index contributed by atoms with van der Waals surface area (Å²) in [7, 11) is 2.88. The van der Waals surface area contributed by atoms with Crippen LogP contribution in [0.25, 0.3) is 16.9 Å². The maximum atomic E-state index is 13.1. The zero-order chi connectivity index (χ0) is 19.9. The average Bonchev–Trinajstić information content (AvgIpc) is 3.05. The molecule has 147 valence electrons. The largest absolute Gasteiger partial charge is 0.494 e. The van der Waals surface area contributed by atoms with Crippen molar-refractivity contribution in [3.05, 3.63) is 36.8 Å². The first-order valence-electron chi connectivity index (χ1n) is 9.27. The van der Waals surface area contributed by atoms with Crippen molar-refractivity contribution in [2.75, 3.05) is 0 Å². The topological polar surface area (TPSA) is 104 Å². The summed E-state index contributed by atoms with van der Waals surface area (Å²) >= 11 is 0. The van der Waals surface area contributed by atoms with Crippen molar-refractivity contribution < 1.29 is 5.11 Å². The molecule has 3 heterocycles. The summed E-state index contributed by atoms with van der Waals surface area (Å²) in [5, 5.41) is 10.7. The molecule has 0 aliphatic heterocycles. The minimum atomic E-state index is -0.578. The molecular formula is C18H25N5NaO4. The van der Waals surface area contributed by atoms with E-state index in [2.05, 4.69) is 11.9 Å². The molecule has 3 aromatic heterocycles. The van der Waals surface area contributed by atoms with Crippen LogP contribution in [0.1, 0.15) is 45.1 Å². The third kappa shape index (κ3) is 3.35. The summed E-state index contributed by atoms with van der Waals surface area (Å²) in [6, 6.07) is 0. The van der Waals surface area contributed by atoms with Crippen LogP contribution < -0.4 is 16.8 Å². The van der Waals surface area contributed by atoms with Crippen LogP contribution in [0.5, 0.6) is 5.88 Å². The molecule has 0 aromatic carbocycles. The molecule has 0 saturated carbocycles. The summed E-state index contributed by atoms with van der Waals surface area (Å²) < 4.78 is 5.03. The van der Waals surface area contributed by atoms with Gasteiger partial charge >= 0.3 is 5.69 Å². The molecule has 3 rings (SSSR count). The molecule has 1 radical (unpaired) electrons. The quantitative estimate of drug-likeness (QED) is 0.481. The maximum Gasteiger partial charge on any atom is 0.332 e. The van der Waals surface area contributed by atoms with Gasteiger partial charge in [0.15, 0.2) is 11.2 Å². The van der Waals surface area contributed by atoms with Gasteiger partial charge in [-0.15, -0.1) is 0 Å². The van der Waals surface area contributed by atoms with E-state index in [1.165, 1.54) is 23.1 Å². The zero-order valence-electron chi connectivity index (χ0n) is 17.2. The first-order chi connectivity index (χ1) is 12.8. The predicted octanol–water partition coefficient (Wildman–Crippen LogP) is 0.514. The van der Waals surface area contributed by atoms with Crippen molar-refractivity contribution in [3.63, 3.8) is 0 Å². The molecular weight excluding hydrogens is 373 g/mol. The number of hydrogen-bond donors (Lipinski definition) is 1. The van der Waals surface area contributed by atoms with Crippen LogP contribution in [0, 0.1) is 0 Å². The fourth-order valence-electron chi connectivity index (χ4n) is 3.44. The number of aromatic nitrogens is 5. The Bertz CT molecular complexity index is 1200. The average molecular weight is 398 g/mol. The van der Waals surface area contributed by atoms with Gasteiger partial charge in [-0.3, -0.25) is 23.3 Å². The number of aryl methyl sites for hydroxylation is 2. The summed E-state index contributed by atoms with van der Waals surface area (Å²) in [6.45, 7) is 4.46. The van der Waals surface area contributed by atoms with Crippen molar-refractivity contribution in [2.24, 2.45) is 14.1 Å². The Morgan fingerprint density at radius 1 is 0.964 bits per heavy atom. The van der Waals surface area contributed by atoms with Gasteiger partial charge in [0.05, 0.1) is 5.56 Å². The summed E-state index contributed by atoms with van der Waals surface area (Å²) in [5.41, 5.74) is -1.10. The molecule has 0 fully saturated rings. The molecule has 0 unspecified atom stereocenters. The molecule has 0 atom stereocenters. The van der Waals surface area contributed by atoms with Crippen LogP contribution in [0.4, 0.5) is 0 Å². The number of unbranched alkanes of at least 4 members (excludes halogenated alkanes) is 2. The van der Waals surface area contributed by atoms with Crippen LogP contribution >= 0.6 is 0 Å². The van der Waals surface area contributed by atoms with E-state index in [4.69, 9.17) is 0 Å². The van der Waals surface area contributed by atoms with Crippen LogP contribution in [-0.2, 0) is 27.1 Å². The standard InChI is InChI=1S/C18H25N5O4.Na/c1-5-7-8-10-22-14(24)11(9-6-2)15(25)23-12-13(19-17(22)23)20(3)18(27)21(4)16(12)26;/h24H,5-10H2,1-4H3;. The van der Waals surface area contributed by atoms with E-state index >= 15 is 0 Å². The van der Waals surface area contributed by atoms with Gasteiger partial charge < -0.3 is 5.11 Å². The minimum absolute atomic E-state index is 0. The number of fused-ring (bicyclic) bond motifs is 3. The van der Waals surface area contributed by atoms with Crippen LogP contribution in [0.15, 0.2) is 14.4 Å². The Morgan fingerprint density at radius 2 is 1.64 bits per heavy atom. The van der Waals surface area contributed by atoms with Crippen molar-refractivity contribution in [2.45, 2.75) is 52.5 Å². The molecule has 0 bridgehead atoms. The van der Waals surface area contributed by atoms with E-state index in [9.17, 15) is 19.5 Å². The molecule has 0 saturated heterocycles. The minimum Gasteiger partial charge on any atom is -0.494 e. The van der Waals surface area contributed by atoms with Gasteiger partial charge in [-0.2, -0.15) is 4.98 Å². The monoisotopic (exact) mass is 398 g/mol. The Morgan fingerprint density at radius 3 is 2.25 bits per heavy atom. The van der Waals surface area contributed by atoms with E-state index < -0.39 is 16.8 Å². The van der Waals surface area contributed by atoms with Gasteiger partial charge in [0.25, 0.3) is 11.1 Å². The fourth-order valence-corrected chi connectivity index (χ4v) is 3.44. The van der Waals surface area contributed by atoms with E-state index in [1.807, 2.05) is 6.92 Å². The SMILES string of the molecule is CCCCCn1c(O)c(CCC)c(=O)n2c3c(=O)n(C)c(=O)n(C)c3nc12.[Na]. The number of rotatable bonds is 6. The zero-order valence-corrected chi connectivity index (χ0v) is 19.2. The molecule has 0 amide bonds.